The molecule has 1 rings (SSSR count). The Morgan fingerprint density at radius 1 is 1.35 bits per heavy atom. The van der Waals surface area contributed by atoms with E-state index in [0.717, 1.165) is 51.8 Å². The summed E-state index contributed by atoms with van der Waals surface area (Å²) in [6.07, 6.45) is 6.50. The Hall–Kier alpha value is -0.830. The lowest BCUT2D eigenvalue weighted by Gasteiger charge is -2.11. The van der Waals surface area contributed by atoms with E-state index >= 15 is 0 Å². The number of nitrogens with zero attached hydrogens (tertiary/aromatic N) is 3. The molecule has 2 N–H and O–H groups in total. The van der Waals surface area contributed by atoms with Gasteiger partial charge in [0, 0.05) is 51.8 Å². The first-order valence-corrected chi connectivity index (χ1v) is 6.92. The highest BCUT2D eigenvalue weighted by Gasteiger charge is 1.96. The number of imidazole rings is 1. The smallest absolute Gasteiger partial charge is 0.191 e. The van der Waals surface area contributed by atoms with Crippen molar-refractivity contribution >= 4 is 29.9 Å². The lowest BCUT2D eigenvalue weighted by molar-refractivity contribution is 0.146. The van der Waals surface area contributed by atoms with Crippen LogP contribution in [0.3, 0.4) is 0 Å². The third-order valence-corrected chi connectivity index (χ3v) is 2.49. The van der Waals surface area contributed by atoms with Gasteiger partial charge < -0.3 is 19.9 Å². The van der Waals surface area contributed by atoms with E-state index in [1.54, 1.807) is 6.20 Å². The van der Waals surface area contributed by atoms with Crippen molar-refractivity contribution in [1.82, 2.24) is 20.2 Å². The summed E-state index contributed by atoms with van der Waals surface area (Å²) in [7, 11) is 0. The summed E-state index contributed by atoms with van der Waals surface area (Å²) in [5.41, 5.74) is 0. The van der Waals surface area contributed by atoms with Gasteiger partial charge in [-0.3, -0.25) is 4.99 Å². The van der Waals surface area contributed by atoms with Crippen LogP contribution in [0.2, 0.25) is 0 Å². The van der Waals surface area contributed by atoms with Crippen LogP contribution in [0, 0.1) is 0 Å². The van der Waals surface area contributed by atoms with Gasteiger partial charge in [0.25, 0.3) is 0 Å². The third kappa shape index (κ3) is 9.13. The summed E-state index contributed by atoms with van der Waals surface area (Å²) >= 11 is 0. The summed E-state index contributed by atoms with van der Waals surface area (Å²) in [4.78, 5) is 8.50. The molecule has 0 aliphatic heterocycles. The molecular weight excluding hydrogens is 369 g/mol. The van der Waals surface area contributed by atoms with E-state index < -0.39 is 0 Å². The molecule has 0 aromatic carbocycles. The lowest BCUT2D eigenvalue weighted by Crippen LogP contribution is -2.38. The fourth-order valence-corrected chi connectivity index (χ4v) is 1.57. The average molecular weight is 395 g/mol. The summed E-state index contributed by atoms with van der Waals surface area (Å²) < 4.78 is 7.32. The van der Waals surface area contributed by atoms with Crippen molar-refractivity contribution in [1.29, 1.82) is 0 Å². The van der Waals surface area contributed by atoms with Gasteiger partial charge in [-0.1, -0.05) is 0 Å². The van der Waals surface area contributed by atoms with E-state index in [9.17, 15) is 0 Å². The largest absolute Gasteiger partial charge is 0.382 e. The van der Waals surface area contributed by atoms with E-state index in [4.69, 9.17) is 4.74 Å². The van der Waals surface area contributed by atoms with Gasteiger partial charge in [0.15, 0.2) is 5.96 Å². The molecule has 0 saturated carbocycles. The highest BCUT2D eigenvalue weighted by Crippen LogP contribution is 1.86. The zero-order valence-electron chi connectivity index (χ0n) is 12.3. The Labute approximate surface area is 138 Å². The van der Waals surface area contributed by atoms with Crippen molar-refractivity contribution in [3.63, 3.8) is 0 Å². The average Bonchev–Trinajstić information content (AvgIpc) is 2.91. The topological polar surface area (TPSA) is 63.5 Å². The molecule has 0 bridgehead atoms. The molecule has 0 aliphatic carbocycles. The van der Waals surface area contributed by atoms with Crippen molar-refractivity contribution in [2.24, 2.45) is 4.99 Å². The van der Waals surface area contributed by atoms with Crippen LogP contribution in [0.4, 0.5) is 0 Å². The summed E-state index contributed by atoms with van der Waals surface area (Å²) in [5, 5.41) is 6.53. The molecular formula is C13H26IN5O. The molecule has 0 amide bonds. The zero-order chi connectivity index (χ0) is 13.8. The fourth-order valence-electron chi connectivity index (χ4n) is 1.57. The number of ether oxygens (including phenoxy) is 1. The monoisotopic (exact) mass is 395 g/mol. The van der Waals surface area contributed by atoms with Crippen LogP contribution in [0.5, 0.6) is 0 Å². The quantitative estimate of drug-likeness (QED) is 0.288. The normalized spacial score (nSPS) is 11.0. The van der Waals surface area contributed by atoms with Gasteiger partial charge in [-0.2, -0.15) is 0 Å². The zero-order valence-corrected chi connectivity index (χ0v) is 14.7. The predicted molar refractivity (Wildman–Crippen MR) is 92.7 cm³/mol. The minimum atomic E-state index is 0. The molecule has 0 saturated heterocycles. The van der Waals surface area contributed by atoms with E-state index in [-0.39, 0.29) is 24.0 Å². The van der Waals surface area contributed by atoms with Gasteiger partial charge in [-0.25, -0.2) is 4.98 Å². The van der Waals surface area contributed by atoms with Gasteiger partial charge in [0.1, 0.15) is 0 Å². The van der Waals surface area contributed by atoms with E-state index in [2.05, 4.69) is 27.5 Å². The van der Waals surface area contributed by atoms with Crippen molar-refractivity contribution in [2.75, 3.05) is 32.8 Å². The second-order valence-corrected chi connectivity index (χ2v) is 4.04. The molecule has 20 heavy (non-hydrogen) atoms. The molecule has 116 valence electrons. The number of halogens is 1. The van der Waals surface area contributed by atoms with Gasteiger partial charge in [-0.15, -0.1) is 24.0 Å². The van der Waals surface area contributed by atoms with Gasteiger partial charge in [0.05, 0.1) is 6.33 Å². The Kier molecular flexibility index (Phi) is 12.6. The summed E-state index contributed by atoms with van der Waals surface area (Å²) in [6.45, 7) is 8.96. The maximum atomic E-state index is 5.29. The second kappa shape index (κ2) is 13.2. The Morgan fingerprint density at radius 2 is 2.20 bits per heavy atom. The van der Waals surface area contributed by atoms with Gasteiger partial charge >= 0.3 is 0 Å². The molecule has 0 atom stereocenters. The van der Waals surface area contributed by atoms with Crippen LogP contribution in [0.25, 0.3) is 0 Å². The number of rotatable bonds is 9. The van der Waals surface area contributed by atoms with Gasteiger partial charge in [0.2, 0.25) is 0 Å². The van der Waals surface area contributed by atoms with E-state index in [0.29, 0.717) is 0 Å². The summed E-state index contributed by atoms with van der Waals surface area (Å²) in [6, 6.07) is 0. The SMILES string of the molecule is CCNC(=NCCCOCC)NCCn1ccnc1.I. The van der Waals surface area contributed by atoms with Crippen molar-refractivity contribution < 1.29 is 4.74 Å². The molecule has 0 unspecified atom stereocenters. The molecule has 6 nitrogen and oxygen atoms in total. The molecule has 7 heteroatoms. The van der Waals surface area contributed by atoms with Crippen molar-refractivity contribution in [2.45, 2.75) is 26.8 Å². The lowest BCUT2D eigenvalue weighted by atomic mass is 10.4. The van der Waals surface area contributed by atoms with Crippen LogP contribution in [0.15, 0.2) is 23.7 Å². The molecule has 1 aromatic rings. The van der Waals surface area contributed by atoms with Crippen LogP contribution in [0.1, 0.15) is 20.3 Å². The summed E-state index contributed by atoms with van der Waals surface area (Å²) in [5.74, 6) is 0.860. The van der Waals surface area contributed by atoms with Crippen molar-refractivity contribution in [3.8, 4) is 0 Å². The number of guanidine groups is 1. The van der Waals surface area contributed by atoms with Crippen LogP contribution < -0.4 is 10.6 Å². The first-order valence-electron chi connectivity index (χ1n) is 6.92. The number of aromatic nitrogens is 2. The Balaban J connectivity index is 0.00000361. The second-order valence-electron chi connectivity index (χ2n) is 4.04. The standard InChI is InChI=1S/C13H25N5O.HI/c1-3-15-13(16-6-5-11-19-4-2)17-8-10-18-9-7-14-12-18;/h7,9,12H,3-6,8,10-11H2,1-2H3,(H2,15,16,17);1H. The minimum Gasteiger partial charge on any atom is -0.382 e. The first-order chi connectivity index (χ1) is 9.36. The van der Waals surface area contributed by atoms with Crippen LogP contribution in [-0.4, -0.2) is 48.4 Å². The van der Waals surface area contributed by atoms with Crippen LogP contribution in [-0.2, 0) is 11.3 Å². The highest BCUT2D eigenvalue weighted by molar-refractivity contribution is 14.0. The van der Waals surface area contributed by atoms with Crippen molar-refractivity contribution in [3.05, 3.63) is 18.7 Å². The molecule has 0 aliphatic rings. The van der Waals surface area contributed by atoms with Gasteiger partial charge in [-0.05, 0) is 20.3 Å². The number of aliphatic imine (C=N–C) groups is 1. The predicted octanol–water partition coefficient (Wildman–Crippen LogP) is 1.48. The maximum Gasteiger partial charge on any atom is 0.191 e. The third-order valence-electron chi connectivity index (χ3n) is 2.49. The van der Waals surface area contributed by atoms with E-state index in [1.807, 2.05) is 24.0 Å². The number of hydrogen-bond donors (Lipinski definition) is 2. The van der Waals surface area contributed by atoms with Crippen LogP contribution >= 0.6 is 24.0 Å². The Morgan fingerprint density at radius 3 is 2.85 bits per heavy atom. The molecule has 0 spiro atoms. The number of nitrogens with one attached hydrogen (secondary N) is 2. The fraction of sp³-hybridized carbons (Fsp3) is 0.692. The Bertz CT molecular complexity index is 343. The minimum absolute atomic E-state index is 0. The van der Waals surface area contributed by atoms with E-state index in [1.165, 1.54) is 0 Å². The molecule has 0 fully saturated rings. The highest BCUT2D eigenvalue weighted by atomic mass is 127. The molecule has 1 aromatic heterocycles. The first kappa shape index (κ1) is 19.2. The maximum absolute atomic E-state index is 5.29. The molecule has 0 radical (unpaired) electrons. The number of hydrogen-bond acceptors (Lipinski definition) is 3. The molecule has 1 heterocycles.